The number of hydrogen-bond acceptors (Lipinski definition) is 5. The molecule has 45 heavy (non-hydrogen) atoms. The molecule has 222 valence electrons. The molecule has 0 unspecified atom stereocenters. The van der Waals surface area contributed by atoms with E-state index in [1.807, 2.05) is 22.9 Å². The van der Waals surface area contributed by atoms with Gasteiger partial charge < -0.3 is 20.3 Å². The van der Waals surface area contributed by atoms with E-state index in [0.29, 0.717) is 51.0 Å². The van der Waals surface area contributed by atoms with Crippen molar-refractivity contribution in [3.8, 4) is 6.07 Å². The Hall–Kier alpha value is -6.08. The molecule has 0 spiro atoms. The van der Waals surface area contributed by atoms with Gasteiger partial charge in [-0.25, -0.2) is 13.6 Å². The van der Waals surface area contributed by atoms with Crippen LogP contribution in [0.4, 0.5) is 20.2 Å². The first-order valence-corrected chi connectivity index (χ1v) is 14.0. The van der Waals surface area contributed by atoms with Crippen LogP contribution in [0.5, 0.6) is 0 Å². The summed E-state index contributed by atoms with van der Waals surface area (Å²) in [6.45, 7) is 2.10. The van der Waals surface area contributed by atoms with E-state index in [1.165, 1.54) is 36.4 Å². The lowest BCUT2D eigenvalue weighted by atomic mass is 10.0. The molecule has 0 aliphatic rings. The van der Waals surface area contributed by atoms with Crippen molar-refractivity contribution < 1.29 is 23.5 Å². The number of rotatable bonds is 8. The van der Waals surface area contributed by atoms with Crippen molar-refractivity contribution >= 4 is 45.1 Å². The lowest BCUT2D eigenvalue weighted by molar-refractivity contribution is 0.0696. The Balaban J connectivity index is 1.38. The third kappa shape index (κ3) is 6.05. The van der Waals surface area contributed by atoms with E-state index in [4.69, 9.17) is 0 Å². The van der Waals surface area contributed by atoms with E-state index < -0.39 is 17.8 Å². The number of fused-ring (bicyclic) bond motifs is 2. The summed E-state index contributed by atoms with van der Waals surface area (Å²) in [5.74, 6) is -2.31. The second-order valence-electron chi connectivity index (χ2n) is 10.6. The fourth-order valence-electron chi connectivity index (χ4n) is 5.30. The summed E-state index contributed by atoms with van der Waals surface area (Å²) in [5, 5.41) is 26.0. The Morgan fingerprint density at radius 1 is 0.956 bits per heavy atom. The summed E-state index contributed by atoms with van der Waals surface area (Å²) in [6, 6.07) is 25.0. The largest absolute Gasteiger partial charge is 0.478 e. The fraction of sp³-hybridized carbons (Fsp3) is 0.0857. The summed E-state index contributed by atoms with van der Waals surface area (Å²) < 4.78 is 29.8. The number of anilines is 2. The van der Waals surface area contributed by atoms with Gasteiger partial charge in [-0.2, -0.15) is 5.26 Å². The van der Waals surface area contributed by atoms with Gasteiger partial charge in [0, 0.05) is 28.3 Å². The molecule has 0 aliphatic carbocycles. The Labute approximate surface area is 256 Å². The quantitative estimate of drug-likeness (QED) is 0.168. The topological polar surface area (TPSA) is 120 Å². The fourth-order valence-corrected chi connectivity index (χ4v) is 5.30. The average molecular weight is 602 g/mol. The van der Waals surface area contributed by atoms with Crippen LogP contribution in [0.25, 0.3) is 21.8 Å². The van der Waals surface area contributed by atoms with Gasteiger partial charge >= 0.3 is 5.97 Å². The molecular formula is C35H25F2N5O3. The van der Waals surface area contributed by atoms with Gasteiger partial charge in [-0.3, -0.25) is 9.78 Å². The minimum atomic E-state index is -1.04. The van der Waals surface area contributed by atoms with Crippen LogP contribution in [-0.2, 0) is 6.54 Å². The highest BCUT2D eigenvalue weighted by atomic mass is 19.1. The summed E-state index contributed by atoms with van der Waals surface area (Å²) in [6.07, 6.45) is 1.82. The number of hydrogen-bond donors (Lipinski definition) is 3. The van der Waals surface area contributed by atoms with E-state index in [9.17, 15) is 28.7 Å². The van der Waals surface area contributed by atoms with E-state index in [0.717, 1.165) is 11.6 Å². The Kier molecular flexibility index (Phi) is 7.67. The molecule has 8 nitrogen and oxygen atoms in total. The van der Waals surface area contributed by atoms with Crippen LogP contribution in [0.3, 0.4) is 0 Å². The number of nitrogens with zero attached hydrogens (tertiary/aromatic N) is 3. The number of halogens is 2. The van der Waals surface area contributed by atoms with Crippen LogP contribution in [0.15, 0.2) is 97.2 Å². The zero-order chi connectivity index (χ0) is 31.7. The molecule has 6 aromatic rings. The van der Waals surface area contributed by atoms with Crippen LogP contribution in [0.2, 0.25) is 0 Å². The standard InChI is InChI=1S/C35H25F2N5O3/c1-20(22-2-4-23(5-3-22)35(44)45)39-34(43)30-9-11-32(41-28-15-21(18-38)14-26(37)17-28)29-12-13-42(33(29)30)19-27-8-6-24-16-25(36)7-10-31(24)40-27/h2-17,20,41H,19H2,1H3,(H,39,43)(H,44,45)/t20-/m0/s1. The number of carboxylic acid groups (broad SMARTS) is 1. The van der Waals surface area contributed by atoms with Crippen LogP contribution < -0.4 is 10.6 Å². The van der Waals surface area contributed by atoms with Crippen molar-refractivity contribution in [3.63, 3.8) is 0 Å². The number of carbonyl (C=O) groups is 2. The molecule has 6 rings (SSSR count). The van der Waals surface area contributed by atoms with Gasteiger partial charge in [0.25, 0.3) is 5.91 Å². The van der Waals surface area contributed by atoms with Gasteiger partial charge in [-0.1, -0.05) is 18.2 Å². The molecule has 1 atom stereocenters. The lowest BCUT2D eigenvalue weighted by Crippen LogP contribution is -2.27. The zero-order valence-corrected chi connectivity index (χ0v) is 23.9. The summed E-state index contributed by atoms with van der Waals surface area (Å²) in [7, 11) is 0. The summed E-state index contributed by atoms with van der Waals surface area (Å²) in [5.41, 5.74) is 4.28. The normalized spacial score (nSPS) is 11.7. The summed E-state index contributed by atoms with van der Waals surface area (Å²) in [4.78, 5) is 29.7. The van der Waals surface area contributed by atoms with Crippen molar-refractivity contribution in [2.75, 3.05) is 5.32 Å². The van der Waals surface area contributed by atoms with Crippen LogP contribution in [0, 0.1) is 23.0 Å². The van der Waals surface area contributed by atoms with Gasteiger partial charge in [0.1, 0.15) is 11.6 Å². The Morgan fingerprint density at radius 3 is 2.51 bits per heavy atom. The second kappa shape index (κ2) is 11.9. The molecule has 0 saturated carbocycles. The maximum absolute atomic E-state index is 14.2. The minimum Gasteiger partial charge on any atom is -0.478 e. The van der Waals surface area contributed by atoms with Gasteiger partial charge in [0.15, 0.2) is 0 Å². The molecule has 10 heteroatoms. The number of nitrogens with one attached hydrogen (secondary N) is 2. The number of aromatic nitrogens is 2. The molecule has 2 heterocycles. The minimum absolute atomic E-state index is 0.146. The molecule has 0 radical (unpaired) electrons. The molecule has 0 fully saturated rings. The Morgan fingerprint density at radius 2 is 1.76 bits per heavy atom. The molecule has 4 aromatic carbocycles. The van der Waals surface area contributed by atoms with E-state index >= 15 is 0 Å². The number of carbonyl (C=O) groups excluding carboxylic acids is 1. The first-order chi connectivity index (χ1) is 21.7. The molecule has 0 saturated heterocycles. The highest BCUT2D eigenvalue weighted by Gasteiger charge is 2.20. The SMILES string of the molecule is C[C@H](NC(=O)c1ccc(Nc2cc(F)cc(C#N)c2)c2ccn(Cc3ccc4cc(F)ccc4n3)c12)c1ccc(C(=O)O)cc1. The molecule has 0 bridgehead atoms. The highest BCUT2D eigenvalue weighted by molar-refractivity contribution is 6.10. The average Bonchev–Trinajstić information content (AvgIpc) is 3.44. The number of nitriles is 1. The predicted molar refractivity (Wildman–Crippen MR) is 166 cm³/mol. The van der Waals surface area contributed by atoms with Gasteiger partial charge in [0.2, 0.25) is 0 Å². The first-order valence-electron chi connectivity index (χ1n) is 14.0. The molecular weight excluding hydrogens is 576 g/mol. The first kappa shape index (κ1) is 29.0. The maximum Gasteiger partial charge on any atom is 0.335 e. The highest BCUT2D eigenvalue weighted by Crippen LogP contribution is 2.32. The zero-order valence-electron chi connectivity index (χ0n) is 23.9. The number of amides is 1. The summed E-state index contributed by atoms with van der Waals surface area (Å²) >= 11 is 0. The van der Waals surface area contributed by atoms with E-state index in [2.05, 4.69) is 15.6 Å². The predicted octanol–water partition coefficient (Wildman–Crippen LogP) is 7.32. The number of pyridine rings is 1. The van der Waals surface area contributed by atoms with Gasteiger partial charge in [-0.15, -0.1) is 0 Å². The van der Waals surface area contributed by atoms with E-state index in [1.54, 1.807) is 49.4 Å². The van der Waals surface area contributed by atoms with Crippen molar-refractivity contribution in [2.45, 2.75) is 19.5 Å². The lowest BCUT2D eigenvalue weighted by Gasteiger charge is -2.17. The van der Waals surface area contributed by atoms with Gasteiger partial charge in [-0.05, 0) is 85.3 Å². The monoisotopic (exact) mass is 601 g/mol. The van der Waals surface area contributed by atoms with Crippen molar-refractivity contribution in [2.24, 2.45) is 0 Å². The second-order valence-corrected chi connectivity index (χ2v) is 10.6. The molecule has 3 N–H and O–H groups in total. The number of carboxylic acids is 1. The van der Waals surface area contributed by atoms with Crippen LogP contribution in [-0.4, -0.2) is 26.5 Å². The van der Waals surface area contributed by atoms with Crippen molar-refractivity contribution in [1.82, 2.24) is 14.9 Å². The van der Waals surface area contributed by atoms with Crippen molar-refractivity contribution in [1.29, 1.82) is 5.26 Å². The number of aromatic carboxylic acids is 1. The number of benzene rings is 4. The van der Waals surface area contributed by atoms with Crippen LogP contribution in [0.1, 0.15) is 50.5 Å². The Bertz CT molecular complexity index is 2150. The molecule has 2 aromatic heterocycles. The smallest absolute Gasteiger partial charge is 0.335 e. The van der Waals surface area contributed by atoms with Crippen LogP contribution >= 0.6 is 0 Å². The third-order valence-corrected chi connectivity index (χ3v) is 7.52. The third-order valence-electron chi connectivity index (χ3n) is 7.52. The van der Waals surface area contributed by atoms with E-state index in [-0.39, 0.29) is 22.9 Å². The molecule has 0 aliphatic heterocycles. The molecule has 1 amide bonds. The van der Waals surface area contributed by atoms with Crippen molar-refractivity contribution in [3.05, 3.63) is 137 Å². The van der Waals surface area contributed by atoms with Gasteiger partial charge in [0.05, 0.1) is 52.1 Å². The maximum atomic E-state index is 14.2.